The van der Waals surface area contributed by atoms with Gasteiger partial charge in [0.1, 0.15) is 11.5 Å². The SMILES string of the molecule is NN=C(C=Nc1ccc(C(=O)N2CCCC23COC3)cc1)c1cc2cc(F)ccc2[nH]c1=O. The predicted octanol–water partition coefficient (Wildman–Crippen LogP) is 2.74. The van der Waals surface area contributed by atoms with Gasteiger partial charge in [-0.25, -0.2) is 4.39 Å². The molecule has 168 valence electrons. The first-order valence-electron chi connectivity index (χ1n) is 10.6. The summed E-state index contributed by atoms with van der Waals surface area (Å²) in [6, 6.07) is 12.5. The molecule has 0 aliphatic carbocycles. The first-order valence-corrected chi connectivity index (χ1v) is 10.6. The second kappa shape index (κ2) is 8.25. The highest BCUT2D eigenvalue weighted by atomic mass is 19.1. The number of nitrogens with zero attached hydrogens (tertiary/aromatic N) is 3. The number of ether oxygens (including phenoxy) is 1. The number of aromatic nitrogens is 1. The number of benzene rings is 2. The van der Waals surface area contributed by atoms with E-state index in [-0.39, 0.29) is 22.7 Å². The molecule has 2 aliphatic rings. The third-order valence-electron chi connectivity index (χ3n) is 6.25. The number of rotatable bonds is 4. The zero-order chi connectivity index (χ0) is 23.0. The van der Waals surface area contributed by atoms with Crippen LogP contribution in [0.4, 0.5) is 10.1 Å². The first kappa shape index (κ1) is 21.0. The van der Waals surface area contributed by atoms with Crippen LogP contribution in [0.3, 0.4) is 0 Å². The molecule has 1 amide bonds. The van der Waals surface area contributed by atoms with Crippen molar-refractivity contribution in [2.75, 3.05) is 19.8 Å². The second-order valence-corrected chi connectivity index (χ2v) is 8.34. The van der Waals surface area contributed by atoms with E-state index in [0.717, 1.165) is 19.4 Å². The van der Waals surface area contributed by atoms with Crippen LogP contribution in [0.25, 0.3) is 10.9 Å². The molecule has 2 aliphatic heterocycles. The van der Waals surface area contributed by atoms with E-state index in [2.05, 4.69) is 15.1 Å². The molecule has 2 fully saturated rings. The molecule has 3 aromatic rings. The van der Waals surface area contributed by atoms with Gasteiger partial charge in [-0.15, -0.1) is 0 Å². The summed E-state index contributed by atoms with van der Waals surface area (Å²) in [5.74, 6) is 5.07. The van der Waals surface area contributed by atoms with E-state index in [4.69, 9.17) is 10.6 Å². The van der Waals surface area contributed by atoms with Gasteiger partial charge in [0.25, 0.3) is 11.5 Å². The van der Waals surface area contributed by atoms with Crippen LogP contribution in [0.2, 0.25) is 0 Å². The standard InChI is InChI=1S/C24H22FN5O3/c25-17-4-7-20-16(10-17)11-19(22(31)28-20)21(29-26)12-27-18-5-2-15(3-6-18)23(32)30-9-1-8-24(30)13-33-14-24/h2-7,10-12H,1,8-9,13-14,26H2,(H,28,31). The highest BCUT2D eigenvalue weighted by molar-refractivity contribution is 6.38. The lowest BCUT2D eigenvalue weighted by Crippen LogP contribution is -2.60. The van der Waals surface area contributed by atoms with Crippen LogP contribution in [0, 0.1) is 5.82 Å². The van der Waals surface area contributed by atoms with E-state index in [1.54, 1.807) is 24.3 Å². The summed E-state index contributed by atoms with van der Waals surface area (Å²) in [5, 5.41) is 4.19. The van der Waals surface area contributed by atoms with Gasteiger partial charge in [0.05, 0.1) is 36.2 Å². The quantitative estimate of drug-likeness (QED) is 0.364. The molecule has 1 aromatic heterocycles. The lowest BCUT2D eigenvalue weighted by molar-refractivity contribution is -0.109. The highest BCUT2D eigenvalue weighted by Gasteiger charge is 2.49. The Morgan fingerprint density at radius 3 is 2.67 bits per heavy atom. The number of aliphatic imine (C=N–C) groups is 1. The Bertz CT molecular complexity index is 1340. The van der Waals surface area contributed by atoms with Crippen molar-refractivity contribution in [3.05, 3.63) is 75.8 Å². The Balaban J connectivity index is 1.35. The van der Waals surface area contributed by atoms with Gasteiger partial charge in [-0.05, 0) is 61.4 Å². The molecule has 8 nitrogen and oxygen atoms in total. The minimum Gasteiger partial charge on any atom is -0.376 e. The largest absolute Gasteiger partial charge is 0.376 e. The van der Waals surface area contributed by atoms with Crippen molar-refractivity contribution in [3.8, 4) is 0 Å². The Kier molecular flexibility index (Phi) is 5.26. The Morgan fingerprint density at radius 2 is 1.97 bits per heavy atom. The number of hydrazone groups is 1. The van der Waals surface area contributed by atoms with Crippen LogP contribution in [0.5, 0.6) is 0 Å². The van der Waals surface area contributed by atoms with Gasteiger partial charge in [0.2, 0.25) is 0 Å². The zero-order valence-corrected chi connectivity index (χ0v) is 17.8. The number of nitrogens with one attached hydrogen (secondary N) is 1. The fourth-order valence-corrected chi connectivity index (χ4v) is 4.41. The molecular weight excluding hydrogens is 425 g/mol. The normalized spacial score (nSPS) is 17.7. The molecule has 0 radical (unpaired) electrons. The summed E-state index contributed by atoms with van der Waals surface area (Å²) in [5.41, 5.74) is 1.43. The van der Waals surface area contributed by atoms with E-state index >= 15 is 0 Å². The number of halogens is 1. The minimum atomic E-state index is -0.417. The Morgan fingerprint density at radius 1 is 1.18 bits per heavy atom. The summed E-state index contributed by atoms with van der Waals surface area (Å²) in [4.78, 5) is 34.4. The molecule has 2 saturated heterocycles. The van der Waals surface area contributed by atoms with Crippen LogP contribution >= 0.6 is 0 Å². The maximum absolute atomic E-state index is 13.6. The number of fused-ring (bicyclic) bond motifs is 1. The Labute approximate surface area is 188 Å². The fraction of sp³-hybridized carbons (Fsp3) is 0.250. The number of nitrogens with two attached hydrogens (primary N) is 1. The third kappa shape index (κ3) is 3.80. The fourth-order valence-electron chi connectivity index (χ4n) is 4.41. The number of carbonyl (C=O) groups excluding carboxylic acids is 1. The number of likely N-dealkylation sites (tertiary alicyclic amines) is 1. The summed E-state index contributed by atoms with van der Waals surface area (Å²) in [7, 11) is 0. The van der Waals surface area contributed by atoms with Crippen LogP contribution in [0.15, 0.2) is 63.4 Å². The van der Waals surface area contributed by atoms with Gasteiger partial charge in [0.15, 0.2) is 0 Å². The molecule has 1 spiro atoms. The maximum atomic E-state index is 13.6. The summed E-state index contributed by atoms with van der Waals surface area (Å²) >= 11 is 0. The number of aromatic amines is 1. The number of hydrogen-bond donors (Lipinski definition) is 2. The van der Waals surface area contributed by atoms with Crippen molar-refractivity contribution in [2.24, 2.45) is 15.9 Å². The molecule has 0 atom stereocenters. The molecule has 5 rings (SSSR count). The molecule has 0 saturated carbocycles. The van der Waals surface area contributed by atoms with Gasteiger partial charge < -0.3 is 20.5 Å². The van der Waals surface area contributed by atoms with Crippen molar-refractivity contribution in [2.45, 2.75) is 18.4 Å². The van der Waals surface area contributed by atoms with Crippen molar-refractivity contribution in [1.82, 2.24) is 9.88 Å². The van der Waals surface area contributed by atoms with Crippen molar-refractivity contribution in [1.29, 1.82) is 0 Å². The van der Waals surface area contributed by atoms with Crippen LogP contribution in [-0.2, 0) is 4.74 Å². The topological polar surface area (TPSA) is 113 Å². The molecule has 3 heterocycles. The maximum Gasteiger partial charge on any atom is 0.258 e. The number of hydrogen-bond acceptors (Lipinski definition) is 6. The van der Waals surface area contributed by atoms with E-state index in [0.29, 0.717) is 35.4 Å². The van der Waals surface area contributed by atoms with Crippen LogP contribution in [-0.4, -0.2) is 53.0 Å². The summed E-state index contributed by atoms with van der Waals surface area (Å²) < 4.78 is 18.9. The van der Waals surface area contributed by atoms with Crippen molar-refractivity contribution < 1.29 is 13.9 Å². The Hall–Kier alpha value is -3.85. The van der Waals surface area contributed by atoms with E-state index in [1.165, 1.54) is 30.5 Å². The molecule has 3 N–H and O–H groups in total. The van der Waals surface area contributed by atoms with Crippen LogP contribution in [0.1, 0.15) is 28.8 Å². The first-order chi connectivity index (χ1) is 16.0. The molecule has 2 aromatic carbocycles. The lowest BCUT2D eigenvalue weighted by Gasteiger charge is -2.45. The molecule has 9 heteroatoms. The molecule has 33 heavy (non-hydrogen) atoms. The molecule has 0 bridgehead atoms. The van der Waals surface area contributed by atoms with E-state index in [9.17, 15) is 14.0 Å². The van der Waals surface area contributed by atoms with Gasteiger partial charge in [0, 0.05) is 23.0 Å². The third-order valence-corrected chi connectivity index (χ3v) is 6.25. The second-order valence-electron chi connectivity index (χ2n) is 8.34. The number of amides is 1. The monoisotopic (exact) mass is 447 g/mol. The van der Waals surface area contributed by atoms with Crippen LogP contribution < -0.4 is 11.4 Å². The van der Waals surface area contributed by atoms with Gasteiger partial charge >= 0.3 is 0 Å². The average molecular weight is 447 g/mol. The van der Waals surface area contributed by atoms with E-state index in [1.807, 2.05) is 4.90 Å². The lowest BCUT2D eigenvalue weighted by atomic mass is 9.93. The molecule has 0 unspecified atom stereocenters. The van der Waals surface area contributed by atoms with E-state index < -0.39 is 11.4 Å². The molecular formula is C24H22FN5O3. The predicted molar refractivity (Wildman–Crippen MR) is 124 cm³/mol. The van der Waals surface area contributed by atoms with Crippen molar-refractivity contribution >= 4 is 34.4 Å². The summed E-state index contributed by atoms with van der Waals surface area (Å²) in [6.07, 6.45) is 3.33. The zero-order valence-electron chi connectivity index (χ0n) is 17.8. The average Bonchev–Trinajstić information content (AvgIpc) is 3.26. The minimum absolute atomic E-state index is 0.00882. The number of carbonyl (C=O) groups is 1. The van der Waals surface area contributed by atoms with Gasteiger partial charge in [-0.2, -0.15) is 5.10 Å². The number of pyridine rings is 1. The van der Waals surface area contributed by atoms with Crippen molar-refractivity contribution in [3.63, 3.8) is 0 Å². The highest BCUT2D eigenvalue weighted by Crippen LogP contribution is 2.36. The summed E-state index contributed by atoms with van der Waals surface area (Å²) in [6.45, 7) is 1.94. The smallest absolute Gasteiger partial charge is 0.258 e. The van der Waals surface area contributed by atoms with Gasteiger partial charge in [-0.1, -0.05) is 0 Å². The number of H-pyrrole nitrogens is 1. The van der Waals surface area contributed by atoms with Gasteiger partial charge in [-0.3, -0.25) is 14.6 Å².